The Morgan fingerprint density at radius 1 is 1.60 bits per heavy atom. The van der Waals surface area contributed by atoms with Gasteiger partial charge in [-0.05, 0) is 23.9 Å². The van der Waals surface area contributed by atoms with Gasteiger partial charge in [0, 0.05) is 0 Å². The standard InChI is InChI=1S/C5H6O3S2/c1-4-2-5(9-3-4)10(6,7)8/h2-3H,1H3,(H,6,7,8). The lowest BCUT2D eigenvalue weighted by molar-refractivity contribution is 0.485. The molecule has 1 aromatic rings. The summed E-state index contributed by atoms with van der Waals surface area (Å²) < 4.78 is 29.3. The van der Waals surface area contributed by atoms with Gasteiger partial charge >= 0.3 is 10.1 Å². The molecule has 3 nitrogen and oxygen atoms in total. The fourth-order valence-corrected chi connectivity index (χ4v) is 2.13. The van der Waals surface area contributed by atoms with Crippen molar-refractivity contribution in [1.82, 2.24) is 0 Å². The molecule has 10 heavy (non-hydrogen) atoms. The Kier molecular flexibility index (Phi) is 1.80. The summed E-state index contributed by atoms with van der Waals surface area (Å²) in [6, 6.07) is 1.43. The first-order valence-corrected chi connectivity index (χ1v) is 4.85. The van der Waals surface area contributed by atoms with Gasteiger partial charge in [-0.1, -0.05) is 0 Å². The number of thiophene rings is 1. The Morgan fingerprint density at radius 2 is 2.20 bits per heavy atom. The second kappa shape index (κ2) is 2.34. The van der Waals surface area contributed by atoms with E-state index in [1.165, 1.54) is 6.07 Å². The quantitative estimate of drug-likeness (QED) is 0.659. The molecule has 0 saturated heterocycles. The van der Waals surface area contributed by atoms with Gasteiger partial charge in [0.15, 0.2) is 0 Å². The third kappa shape index (κ3) is 1.56. The Balaban J connectivity index is 3.21. The third-order valence-corrected chi connectivity index (χ3v) is 3.35. The van der Waals surface area contributed by atoms with Crippen LogP contribution < -0.4 is 0 Å². The summed E-state index contributed by atoms with van der Waals surface area (Å²) >= 11 is 1.02. The van der Waals surface area contributed by atoms with Crippen LogP contribution in [0.1, 0.15) is 5.56 Å². The van der Waals surface area contributed by atoms with E-state index in [1.54, 1.807) is 12.3 Å². The first-order valence-electron chi connectivity index (χ1n) is 2.53. The van der Waals surface area contributed by atoms with Gasteiger partial charge in [-0.25, -0.2) is 0 Å². The Bertz CT molecular complexity index is 322. The average Bonchev–Trinajstić information content (AvgIpc) is 2.11. The molecule has 0 aliphatic heterocycles. The van der Waals surface area contributed by atoms with Crippen LogP contribution in [0.2, 0.25) is 0 Å². The van der Waals surface area contributed by atoms with E-state index in [9.17, 15) is 8.42 Å². The lowest BCUT2D eigenvalue weighted by Crippen LogP contribution is -1.93. The minimum absolute atomic E-state index is 0.00463. The van der Waals surface area contributed by atoms with Gasteiger partial charge in [-0.3, -0.25) is 4.55 Å². The maximum atomic E-state index is 10.4. The smallest absolute Gasteiger partial charge is 0.281 e. The highest BCUT2D eigenvalue weighted by atomic mass is 32.3. The summed E-state index contributed by atoms with van der Waals surface area (Å²) in [5, 5.41) is 1.67. The zero-order valence-electron chi connectivity index (χ0n) is 5.23. The second-order valence-corrected chi connectivity index (χ2v) is 4.48. The Hall–Kier alpha value is -0.390. The first-order chi connectivity index (χ1) is 4.50. The normalized spacial score (nSPS) is 11.8. The number of rotatable bonds is 1. The lowest BCUT2D eigenvalue weighted by atomic mass is 10.4. The maximum absolute atomic E-state index is 10.4. The second-order valence-electron chi connectivity index (χ2n) is 1.92. The van der Waals surface area contributed by atoms with Crippen LogP contribution in [0.5, 0.6) is 0 Å². The molecule has 0 amide bonds. The highest BCUT2D eigenvalue weighted by molar-refractivity contribution is 7.88. The predicted octanol–water partition coefficient (Wildman–Crippen LogP) is 1.30. The third-order valence-electron chi connectivity index (χ3n) is 0.961. The molecule has 0 spiro atoms. The van der Waals surface area contributed by atoms with Crippen LogP contribution in [0.4, 0.5) is 0 Å². The van der Waals surface area contributed by atoms with Gasteiger partial charge in [0.05, 0.1) is 0 Å². The summed E-state index contributed by atoms with van der Waals surface area (Å²) in [6.07, 6.45) is 0. The minimum atomic E-state index is -3.96. The van der Waals surface area contributed by atoms with E-state index in [-0.39, 0.29) is 4.21 Å². The topological polar surface area (TPSA) is 54.4 Å². The summed E-state index contributed by atoms with van der Waals surface area (Å²) in [5.74, 6) is 0. The first kappa shape index (κ1) is 7.71. The Morgan fingerprint density at radius 3 is 2.40 bits per heavy atom. The van der Waals surface area contributed by atoms with Gasteiger partial charge in [-0.2, -0.15) is 8.42 Å². The van der Waals surface area contributed by atoms with Crippen molar-refractivity contribution in [2.45, 2.75) is 11.1 Å². The van der Waals surface area contributed by atoms with Crippen LogP contribution in [-0.2, 0) is 10.1 Å². The van der Waals surface area contributed by atoms with Crippen LogP contribution in [0.25, 0.3) is 0 Å². The van der Waals surface area contributed by atoms with E-state index in [4.69, 9.17) is 4.55 Å². The molecular weight excluding hydrogens is 172 g/mol. The largest absolute Gasteiger partial charge is 0.304 e. The molecule has 0 unspecified atom stereocenters. The molecule has 1 heterocycles. The fourth-order valence-electron chi connectivity index (χ4n) is 0.540. The van der Waals surface area contributed by atoms with Crippen LogP contribution >= 0.6 is 11.3 Å². The fraction of sp³-hybridized carbons (Fsp3) is 0.200. The molecule has 56 valence electrons. The number of aryl methyl sites for hydroxylation is 1. The zero-order chi connectivity index (χ0) is 7.78. The Labute approximate surface area is 63.1 Å². The van der Waals surface area contributed by atoms with Gasteiger partial charge in [0.25, 0.3) is 0 Å². The van der Waals surface area contributed by atoms with Crippen molar-refractivity contribution >= 4 is 21.5 Å². The molecule has 0 radical (unpaired) electrons. The van der Waals surface area contributed by atoms with Crippen molar-refractivity contribution in [2.75, 3.05) is 0 Å². The van der Waals surface area contributed by atoms with Crippen LogP contribution in [0.15, 0.2) is 15.7 Å². The monoisotopic (exact) mass is 178 g/mol. The predicted molar refractivity (Wildman–Crippen MR) is 38.9 cm³/mol. The molecule has 0 atom stereocenters. The molecule has 1 N–H and O–H groups in total. The average molecular weight is 178 g/mol. The van der Waals surface area contributed by atoms with E-state index in [0.29, 0.717) is 0 Å². The lowest BCUT2D eigenvalue weighted by Gasteiger charge is -1.85. The minimum Gasteiger partial charge on any atom is -0.281 e. The van der Waals surface area contributed by atoms with E-state index in [0.717, 1.165) is 16.9 Å². The molecule has 0 saturated carbocycles. The molecule has 0 bridgehead atoms. The molecule has 0 fully saturated rings. The van der Waals surface area contributed by atoms with Crippen LogP contribution in [0, 0.1) is 6.92 Å². The van der Waals surface area contributed by atoms with Crippen molar-refractivity contribution in [1.29, 1.82) is 0 Å². The highest BCUT2D eigenvalue weighted by Gasteiger charge is 2.10. The van der Waals surface area contributed by atoms with Crippen LogP contribution in [-0.4, -0.2) is 13.0 Å². The molecule has 0 aromatic carbocycles. The van der Waals surface area contributed by atoms with E-state index >= 15 is 0 Å². The molecule has 0 aliphatic rings. The van der Waals surface area contributed by atoms with Gasteiger partial charge in [0.1, 0.15) is 4.21 Å². The van der Waals surface area contributed by atoms with Crippen molar-refractivity contribution in [2.24, 2.45) is 0 Å². The number of hydrogen-bond donors (Lipinski definition) is 1. The number of hydrogen-bond acceptors (Lipinski definition) is 3. The molecule has 5 heteroatoms. The summed E-state index contributed by atoms with van der Waals surface area (Å²) in [7, 11) is -3.96. The van der Waals surface area contributed by atoms with E-state index in [2.05, 4.69) is 0 Å². The molecular formula is C5H6O3S2. The van der Waals surface area contributed by atoms with E-state index in [1.807, 2.05) is 0 Å². The SMILES string of the molecule is Cc1csc(S(=O)(=O)O)c1. The highest BCUT2D eigenvalue weighted by Crippen LogP contribution is 2.18. The van der Waals surface area contributed by atoms with E-state index < -0.39 is 10.1 Å². The summed E-state index contributed by atoms with van der Waals surface area (Å²) in [4.78, 5) is 0. The summed E-state index contributed by atoms with van der Waals surface area (Å²) in [6.45, 7) is 1.77. The zero-order valence-corrected chi connectivity index (χ0v) is 6.87. The van der Waals surface area contributed by atoms with Gasteiger partial charge in [-0.15, -0.1) is 11.3 Å². The van der Waals surface area contributed by atoms with Crippen molar-refractivity contribution in [3.63, 3.8) is 0 Å². The van der Waals surface area contributed by atoms with Gasteiger partial charge in [0.2, 0.25) is 0 Å². The molecule has 1 aromatic heterocycles. The maximum Gasteiger partial charge on any atom is 0.304 e. The van der Waals surface area contributed by atoms with Crippen molar-refractivity contribution in [3.05, 3.63) is 17.0 Å². The molecule has 0 aliphatic carbocycles. The van der Waals surface area contributed by atoms with Gasteiger partial charge < -0.3 is 0 Å². The van der Waals surface area contributed by atoms with Crippen molar-refractivity contribution in [3.8, 4) is 0 Å². The molecule has 1 rings (SSSR count). The van der Waals surface area contributed by atoms with Crippen LogP contribution in [0.3, 0.4) is 0 Å². The van der Waals surface area contributed by atoms with Crippen molar-refractivity contribution < 1.29 is 13.0 Å². The summed E-state index contributed by atoms with van der Waals surface area (Å²) in [5.41, 5.74) is 0.845.